The van der Waals surface area contributed by atoms with Crippen molar-refractivity contribution in [2.24, 2.45) is 0 Å². The predicted molar refractivity (Wildman–Crippen MR) is 82.3 cm³/mol. The third-order valence-corrected chi connectivity index (χ3v) is 3.58. The molecule has 0 aliphatic carbocycles. The van der Waals surface area contributed by atoms with Crippen LogP contribution in [0.5, 0.6) is 0 Å². The van der Waals surface area contributed by atoms with E-state index in [4.69, 9.17) is 0 Å². The molecule has 2 N–H and O–H groups in total. The summed E-state index contributed by atoms with van der Waals surface area (Å²) in [5, 5.41) is 16.2. The molecule has 0 radical (unpaired) electrons. The summed E-state index contributed by atoms with van der Waals surface area (Å²) in [6.07, 6.45) is 2.86. The molecule has 2 aromatic rings. The first-order chi connectivity index (χ1) is 10.1. The van der Waals surface area contributed by atoms with Gasteiger partial charge in [0, 0.05) is 13.0 Å². The van der Waals surface area contributed by atoms with Gasteiger partial charge < -0.3 is 10.4 Å². The minimum absolute atomic E-state index is 0.183. The Kier molecular flexibility index (Phi) is 5.66. The average Bonchev–Trinajstić information content (AvgIpc) is 2.99. The van der Waals surface area contributed by atoms with Gasteiger partial charge in [0.1, 0.15) is 5.82 Å². The molecule has 0 fully saturated rings. The Morgan fingerprint density at radius 3 is 3.00 bits per heavy atom. The summed E-state index contributed by atoms with van der Waals surface area (Å²) in [4.78, 5) is 11.6. The van der Waals surface area contributed by atoms with Crippen LogP contribution in [0.1, 0.15) is 23.7 Å². The largest absolute Gasteiger partial charge is 0.387 e. The number of carbonyl (C=O) groups excluding carboxylic acids is 1. The van der Waals surface area contributed by atoms with Crippen LogP contribution in [0.25, 0.3) is 6.08 Å². The Labute approximate surface area is 126 Å². The second kappa shape index (κ2) is 7.71. The Bertz CT molecular complexity index is 610. The molecule has 0 saturated heterocycles. The SMILES string of the molecule is O=C(C/C=C/c1cccc(F)c1)NCC(O)c1ccsc1. The number of aliphatic hydroxyl groups excluding tert-OH is 1. The number of rotatable bonds is 6. The normalized spacial score (nSPS) is 12.5. The molecular formula is C16H16FNO2S. The van der Waals surface area contributed by atoms with Crippen LogP contribution in [0, 0.1) is 5.82 Å². The maximum Gasteiger partial charge on any atom is 0.223 e. The highest BCUT2D eigenvalue weighted by Crippen LogP contribution is 2.15. The lowest BCUT2D eigenvalue weighted by molar-refractivity contribution is -0.120. The van der Waals surface area contributed by atoms with Crippen LogP contribution < -0.4 is 5.32 Å². The lowest BCUT2D eigenvalue weighted by Crippen LogP contribution is -2.27. The van der Waals surface area contributed by atoms with E-state index in [1.165, 1.54) is 23.5 Å². The van der Waals surface area contributed by atoms with Crippen molar-refractivity contribution in [1.29, 1.82) is 0 Å². The van der Waals surface area contributed by atoms with Crippen LogP contribution >= 0.6 is 11.3 Å². The van der Waals surface area contributed by atoms with Crippen LogP contribution in [0.4, 0.5) is 4.39 Å². The molecule has 1 heterocycles. The quantitative estimate of drug-likeness (QED) is 0.861. The standard InChI is InChI=1S/C16H16FNO2S/c17-14-5-1-3-12(9-14)4-2-6-16(20)18-10-15(19)13-7-8-21-11-13/h1-5,7-9,11,15,19H,6,10H2,(H,18,20)/b4-2+. The van der Waals surface area contributed by atoms with Gasteiger partial charge in [-0.15, -0.1) is 0 Å². The van der Waals surface area contributed by atoms with Crippen LogP contribution in [0.2, 0.25) is 0 Å². The van der Waals surface area contributed by atoms with Crippen molar-refractivity contribution in [2.75, 3.05) is 6.54 Å². The zero-order valence-corrected chi connectivity index (χ0v) is 12.1. The molecule has 2 rings (SSSR count). The molecule has 0 bridgehead atoms. The van der Waals surface area contributed by atoms with Gasteiger partial charge in [-0.05, 0) is 40.1 Å². The number of benzene rings is 1. The molecule has 21 heavy (non-hydrogen) atoms. The summed E-state index contributed by atoms with van der Waals surface area (Å²) in [6.45, 7) is 0.184. The number of carbonyl (C=O) groups is 1. The molecular weight excluding hydrogens is 289 g/mol. The van der Waals surface area contributed by atoms with Gasteiger partial charge in [-0.3, -0.25) is 4.79 Å². The van der Waals surface area contributed by atoms with E-state index in [-0.39, 0.29) is 24.7 Å². The van der Waals surface area contributed by atoms with Crippen molar-refractivity contribution in [1.82, 2.24) is 5.32 Å². The summed E-state index contributed by atoms with van der Waals surface area (Å²) in [5.74, 6) is -0.489. The second-order valence-corrected chi connectivity index (χ2v) is 5.32. The van der Waals surface area contributed by atoms with Gasteiger partial charge in [0.05, 0.1) is 6.10 Å². The van der Waals surface area contributed by atoms with Gasteiger partial charge in [-0.1, -0.05) is 24.3 Å². The van der Waals surface area contributed by atoms with Crippen molar-refractivity contribution < 1.29 is 14.3 Å². The highest BCUT2D eigenvalue weighted by molar-refractivity contribution is 7.07. The third-order valence-electron chi connectivity index (χ3n) is 2.88. The molecule has 0 aliphatic rings. The summed E-state index contributed by atoms with van der Waals surface area (Å²) in [7, 11) is 0. The minimum Gasteiger partial charge on any atom is -0.387 e. The molecule has 5 heteroatoms. The van der Waals surface area contributed by atoms with Crippen LogP contribution in [-0.2, 0) is 4.79 Å². The lowest BCUT2D eigenvalue weighted by atomic mass is 10.2. The molecule has 1 aromatic carbocycles. The molecule has 0 aliphatic heterocycles. The van der Waals surface area contributed by atoms with Gasteiger partial charge in [-0.25, -0.2) is 4.39 Å². The number of amides is 1. The fourth-order valence-corrected chi connectivity index (χ4v) is 2.48. The fraction of sp³-hybridized carbons (Fsp3) is 0.188. The lowest BCUT2D eigenvalue weighted by Gasteiger charge is -2.09. The van der Waals surface area contributed by atoms with Gasteiger partial charge in [0.25, 0.3) is 0 Å². The molecule has 110 valence electrons. The fourth-order valence-electron chi connectivity index (χ4n) is 1.78. The van der Waals surface area contributed by atoms with Crippen LogP contribution in [-0.4, -0.2) is 17.6 Å². The van der Waals surface area contributed by atoms with E-state index >= 15 is 0 Å². The maximum absolute atomic E-state index is 13.0. The van der Waals surface area contributed by atoms with Crippen molar-refractivity contribution in [3.05, 3.63) is 64.1 Å². The third kappa shape index (κ3) is 5.13. The number of thiophene rings is 1. The summed E-state index contributed by atoms with van der Waals surface area (Å²) >= 11 is 1.50. The van der Waals surface area contributed by atoms with Gasteiger partial charge >= 0.3 is 0 Å². The van der Waals surface area contributed by atoms with E-state index in [0.717, 1.165) is 5.56 Å². The number of hydrogen-bond donors (Lipinski definition) is 2. The predicted octanol–water partition coefficient (Wildman–Crippen LogP) is 3.14. The van der Waals surface area contributed by atoms with E-state index in [1.54, 1.807) is 24.3 Å². The van der Waals surface area contributed by atoms with E-state index in [0.29, 0.717) is 5.56 Å². The molecule has 3 nitrogen and oxygen atoms in total. The van der Waals surface area contributed by atoms with Crippen LogP contribution in [0.15, 0.2) is 47.2 Å². The monoisotopic (exact) mass is 305 g/mol. The molecule has 1 unspecified atom stereocenters. The topological polar surface area (TPSA) is 49.3 Å². The van der Waals surface area contributed by atoms with E-state index in [1.807, 2.05) is 16.8 Å². The zero-order chi connectivity index (χ0) is 15.1. The smallest absolute Gasteiger partial charge is 0.223 e. The van der Waals surface area contributed by atoms with Crippen molar-refractivity contribution >= 4 is 23.3 Å². The second-order valence-electron chi connectivity index (χ2n) is 4.54. The molecule has 1 amide bonds. The molecule has 0 saturated carbocycles. The van der Waals surface area contributed by atoms with Crippen molar-refractivity contribution in [3.8, 4) is 0 Å². The summed E-state index contributed by atoms with van der Waals surface area (Å²) in [6, 6.07) is 7.97. The van der Waals surface area contributed by atoms with E-state index < -0.39 is 6.10 Å². The average molecular weight is 305 g/mol. The van der Waals surface area contributed by atoms with Crippen LogP contribution in [0.3, 0.4) is 0 Å². The van der Waals surface area contributed by atoms with Gasteiger partial charge in [0.2, 0.25) is 5.91 Å². The first-order valence-corrected chi connectivity index (χ1v) is 7.48. The zero-order valence-electron chi connectivity index (χ0n) is 11.3. The Morgan fingerprint density at radius 1 is 1.43 bits per heavy atom. The Hall–Kier alpha value is -1.98. The van der Waals surface area contributed by atoms with Crippen molar-refractivity contribution in [3.63, 3.8) is 0 Å². The molecule has 0 spiro atoms. The number of hydrogen-bond acceptors (Lipinski definition) is 3. The van der Waals surface area contributed by atoms with Gasteiger partial charge in [0.15, 0.2) is 0 Å². The first-order valence-electron chi connectivity index (χ1n) is 6.54. The first kappa shape index (κ1) is 15.4. The number of halogens is 1. The summed E-state index contributed by atoms with van der Waals surface area (Å²) < 4.78 is 13.0. The number of nitrogens with one attached hydrogen (secondary N) is 1. The Morgan fingerprint density at radius 2 is 2.29 bits per heavy atom. The highest BCUT2D eigenvalue weighted by Gasteiger charge is 2.08. The van der Waals surface area contributed by atoms with Crippen molar-refractivity contribution in [2.45, 2.75) is 12.5 Å². The highest BCUT2D eigenvalue weighted by atomic mass is 32.1. The summed E-state index contributed by atoms with van der Waals surface area (Å²) in [5.41, 5.74) is 1.51. The van der Waals surface area contributed by atoms with Gasteiger partial charge in [-0.2, -0.15) is 11.3 Å². The number of aliphatic hydroxyl groups is 1. The molecule has 1 aromatic heterocycles. The maximum atomic E-state index is 13.0. The van der Waals surface area contributed by atoms with E-state index in [9.17, 15) is 14.3 Å². The minimum atomic E-state index is -0.688. The van der Waals surface area contributed by atoms with E-state index in [2.05, 4.69) is 5.32 Å². The molecule has 1 atom stereocenters. The Balaban J connectivity index is 1.75.